The lowest BCUT2D eigenvalue weighted by Crippen LogP contribution is -2.17. The number of rotatable bonds is 4. The van der Waals surface area contributed by atoms with Crippen molar-refractivity contribution in [2.24, 2.45) is 5.73 Å². The highest BCUT2D eigenvalue weighted by atomic mass is 19.1. The molecule has 0 amide bonds. The van der Waals surface area contributed by atoms with Gasteiger partial charge in [0.15, 0.2) is 0 Å². The zero-order valence-electron chi connectivity index (χ0n) is 12.0. The molecule has 0 aliphatic heterocycles. The lowest BCUT2D eigenvalue weighted by Gasteiger charge is -2.25. The highest BCUT2D eigenvalue weighted by molar-refractivity contribution is 5.35. The molecule has 0 fully saturated rings. The summed E-state index contributed by atoms with van der Waals surface area (Å²) in [5.74, 6) is 0.832. The van der Waals surface area contributed by atoms with Crippen molar-refractivity contribution in [3.8, 4) is 5.75 Å². The van der Waals surface area contributed by atoms with Gasteiger partial charge in [0.1, 0.15) is 11.6 Å². The molecule has 1 aliphatic rings. The van der Waals surface area contributed by atoms with E-state index in [0.717, 1.165) is 18.4 Å². The van der Waals surface area contributed by atoms with Crippen LogP contribution in [0.3, 0.4) is 0 Å². The van der Waals surface area contributed by atoms with E-state index in [2.05, 4.69) is 24.3 Å². The van der Waals surface area contributed by atoms with Gasteiger partial charge in [-0.2, -0.15) is 0 Å². The Bertz CT molecular complexity index is 626. The van der Waals surface area contributed by atoms with Gasteiger partial charge in [0, 0.05) is 18.0 Å². The first-order valence-electron chi connectivity index (χ1n) is 7.47. The van der Waals surface area contributed by atoms with Gasteiger partial charge in [0.2, 0.25) is 0 Å². The van der Waals surface area contributed by atoms with Crippen molar-refractivity contribution < 1.29 is 9.13 Å². The van der Waals surface area contributed by atoms with Gasteiger partial charge in [0.05, 0.1) is 6.61 Å². The molecule has 1 atom stereocenters. The number of hydrogen-bond acceptors (Lipinski definition) is 2. The average Bonchev–Trinajstić information content (AvgIpc) is 2.53. The molecule has 0 bridgehead atoms. The Kier molecular flexibility index (Phi) is 4.20. The van der Waals surface area contributed by atoms with Crippen LogP contribution in [-0.4, -0.2) is 6.61 Å². The Hall–Kier alpha value is -1.87. The van der Waals surface area contributed by atoms with Crippen LogP contribution in [0.25, 0.3) is 0 Å². The van der Waals surface area contributed by atoms with Gasteiger partial charge in [-0.15, -0.1) is 0 Å². The third-order valence-corrected chi connectivity index (χ3v) is 4.18. The minimum atomic E-state index is -0.272. The van der Waals surface area contributed by atoms with Crippen molar-refractivity contribution >= 4 is 0 Å². The summed E-state index contributed by atoms with van der Waals surface area (Å²) >= 11 is 0. The fraction of sp³-hybridized carbons (Fsp3) is 0.333. The van der Waals surface area contributed by atoms with Crippen LogP contribution in [0, 0.1) is 5.82 Å². The minimum absolute atomic E-state index is 0.272. The van der Waals surface area contributed by atoms with Crippen molar-refractivity contribution in [1.29, 1.82) is 0 Å². The number of fused-ring (bicyclic) bond motifs is 1. The van der Waals surface area contributed by atoms with Gasteiger partial charge in [-0.05, 0) is 48.6 Å². The molecule has 0 saturated carbocycles. The van der Waals surface area contributed by atoms with Crippen molar-refractivity contribution in [2.45, 2.75) is 31.7 Å². The second kappa shape index (κ2) is 6.27. The lowest BCUT2D eigenvalue weighted by atomic mass is 9.83. The van der Waals surface area contributed by atoms with Crippen LogP contribution in [-0.2, 0) is 13.0 Å². The van der Waals surface area contributed by atoms with E-state index in [0.29, 0.717) is 18.3 Å². The number of aryl methyl sites for hydroxylation is 1. The summed E-state index contributed by atoms with van der Waals surface area (Å²) in [5.41, 5.74) is 9.19. The molecule has 0 heterocycles. The van der Waals surface area contributed by atoms with E-state index in [4.69, 9.17) is 10.5 Å². The summed E-state index contributed by atoms with van der Waals surface area (Å²) in [6.45, 7) is 0.907. The van der Waals surface area contributed by atoms with E-state index < -0.39 is 0 Å². The summed E-state index contributed by atoms with van der Waals surface area (Å²) in [4.78, 5) is 0. The fourth-order valence-electron chi connectivity index (χ4n) is 3.07. The zero-order valence-corrected chi connectivity index (χ0v) is 12.0. The summed E-state index contributed by atoms with van der Waals surface area (Å²) in [5, 5.41) is 0. The Morgan fingerprint density at radius 3 is 2.90 bits per heavy atom. The van der Waals surface area contributed by atoms with Crippen molar-refractivity contribution in [2.75, 3.05) is 6.61 Å². The zero-order chi connectivity index (χ0) is 14.7. The predicted octanol–water partition coefficient (Wildman–Crippen LogP) is 3.78. The Labute approximate surface area is 124 Å². The molecule has 2 nitrogen and oxygen atoms in total. The predicted molar refractivity (Wildman–Crippen MR) is 81.9 cm³/mol. The van der Waals surface area contributed by atoms with Gasteiger partial charge in [-0.1, -0.05) is 24.3 Å². The molecule has 1 aliphatic carbocycles. The molecule has 2 N–H and O–H groups in total. The maximum Gasteiger partial charge on any atom is 0.124 e. The monoisotopic (exact) mass is 285 g/mol. The van der Waals surface area contributed by atoms with Gasteiger partial charge in [-0.3, -0.25) is 0 Å². The molecular weight excluding hydrogens is 265 g/mol. The standard InChI is InChI=1S/C18H20FNO/c19-16-8-9-18(15(10-16)11-20)21-12-14-6-3-5-13-4-1-2-7-17(13)14/h1-2,4,7-10,14H,3,5-6,11-12,20H2. The molecule has 3 rings (SSSR count). The molecule has 1 unspecified atom stereocenters. The van der Waals surface area contributed by atoms with Crippen LogP contribution in [0.2, 0.25) is 0 Å². The third-order valence-electron chi connectivity index (χ3n) is 4.18. The summed E-state index contributed by atoms with van der Waals surface area (Å²) in [7, 11) is 0. The lowest BCUT2D eigenvalue weighted by molar-refractivity contribution is 0.272. The first-order chi connectivity index (χ1) is 10.3. The minimum Gasteiger partial charge on any atom is -0.493 e. The van der Waals surface area contributed by atoms with Gasteiger partial charge < -0.3 is 10.5 Å². The molecule has 0 spiro atoms. The average molecular weight is 285 g/mol. The Morgan fingerprint density at radius 1 is 1.19 bits per heavy atom. The largest absolute Gasteiger partial charge is 0.493 e. The summed E-state index contributed by atoms with van der Waals surface area (Å²) in [6, 6.07) is 13.1. The third kappa shape index (κ3) is 3.08. The SMILES string of the molecule is NCc1cc(F)ccc1OCC1CCCc2ccccc21. The molecular formula is C18H20FNO. The van der Waals surface area contributed by atoms with Crippen molar-refractivity contribution in [1.82, 2.24) is 0 Å². The Balaban J connectivity index is 1.74. The molecule has 21 heavy (non-hydrogen) atoms. The molecule has 110 valence electrons. The number of ether oxygens (including phenoxy) is 1. The van der Waals surface area contributed by atoms with Gasteiger partial charge in [0.25, 0.3) is 0 Å². The highest BCUT2D eigenvalue weighted by Crippen LogP contribution is 2.32. The maximum atomic E-state index is 13.2. The molecule has 2 aromatic carbocycles. The summed E-state index contributed by atoms with van der Waals surface area (Å²) < 4.78 is 19.1. The number of hydrogen-bond donors (Lipinski definition) is 1. The quantitative estimate of drug-likeness (QED) is 0.927. The first-order valence-corrected chi connectivity index (χ1v) is 7.47. The van der Waals surface area contributed by atoms with Gasteiger partial charge >= 0.3 is 0 Å². The normalized spacial score (nSPS) is 17.3. The van der Waals surface area contributed by atoms with Crippen LogP contribution in [0.5, 0.6) is 5.75 Å². The van der Waals surface area contributed by atoms with E-state index in [1.54, 1.807) is 6.07 Å². The van der Waals surface area contributed by atoms with E-state index in [9.17, 15) is 4.39 Å². The smallest absolute Gasteiger partial charge is 0.124 e. The van der Waals surface area contributed by atoms with Gasteiger partial charge in [-0.25, -0.2) is 4.39 Å². The highest BCUT2D eigenvalue weighted by Gasteiger charge is 2.20. The fourth-order valence-corrected chi connectivity index (χ4v) is 3.07. The van der Waals surface area contributed by atoms with Crippen LogP contribution < -0.4 is 10.5 Å². The van der Waals surface area contributed by atoms with Crippen LogP contribution in [0.4, 0.5) is 4.39 Å². The molecule has 0 saturated heterocycles. The topological polar surface area (TPSA) is 35.2 Å². The molecule has 0 radical (unpaired) electrons. The molecule has 3 heteroatoms. The maximum absolute atomic E-state index is 13.2. The van der Waals surface area contributed by atoms with E-state index >= 15 is 0 Å². The molecule has 0 aromatic heterocycles. The van der Waals surface area contributed by atoms with Crippen LogP contribution in [0.1, 0.15) is 35.4 Å². The van der Waals surface area contributed by atoms with E-state index in [1.165, 1.54) is 29.7 Å². The van der Waals surface area contributed by atoms with Crippen molar-refractivity contribution in [3.05, 3.63) is 65.0 Å². The summed E-state index contributed by atoms with van der Waals surface area (Å²) in [6.07, 6.45) is 3.48. The number of benzene rings is 2. The number of halogens is 1. The van der Waals surface area contributed by atoms with E-state index in [1.807, 2.05) is 0 Å². The second-order valence-corrected chi connectivity index (χ2v) is 5.56. The van der Waals surface area contributed by atoms with Crippen molar-refractivity contribution in [3.63, 3.8) is 0 Å². The Morgan fingerprint density at radius 2 is 2.05 bits per heavy atom. The second-order valence-electron chi connectivity index (χ2n) is 5.56. The van der Waals surface area contributed by atoms with Crippen LogP contribution >= 0.6 is 0 Å². The van der Waals surface area contributed by atoms with Crippen LogP contribution in [0.15, 0.2) is 42.5 Å². The number of nitrogens with two attached hydrogens (primary N) is 1. The van der Waals surface area contributed by atoms with E-state index in [-0.39, 0.29) is 12.4 Å². The first kappa shape index (κ1) is 14.1. The molecule has 2 aromatic rings.